The van der Waals surface area contributed by atoms with E-state index in [0.717, 1.165) is 31.3 Å². The summed E-state index contributed by atoms with van der Waals surface area (Å²) in [5.74, 6) is 9.87. The van der Waals surface area contributed by atoms with Gasteiger partial charge < -0.3 is 0 Å². The van der Waals surface area contributed by atoms with Crippen molar-refractivity contribution in [2.45, 2.75) is 83.2 Å². The van der Waals surface area contributed by atoms with Gasteiger partial charge in [0.1, 0.15) is 0 Å². The molecule has 0 bridgehead atoms. The Morgan fingerprint density at radius 1 is 1.09 bits per heavy atom. The molecule has 0 saturated heterocycles. The van der Waals surface area contributed by atoms with Gasteiger partial charge >= 0.3 is 0 Å². The maximum Gasteiger partial charge on any atom is 0.0519 e. The molecule has 2 heteroatoms. The van der Waals surface area contributed by atoms with E-state index in [2.05, 4.69) is 71.5 Å². The minimum atomic E-state index is 0.482. The molecule has 166 valence electrons. The molecule has 3 aliphatic carbocycles. The molecule has 3 unspecified atom stereocenters. The SMILES string of the molecule is CCCC#CC1=C(c2ccc(CP)cc2)CC(C2CCC2)C(C)c2ncc(C3CC3)cc21. The lowest BCUT2D eigenvalue weighted by Crippen LogP contribution is -2.26. The van der Waals surface area contributed by atoms with Crippen LogP contribution in [0.1, 0.15) is 105 Å². The Bertz CT molecular complexity index is 1060. The number of allylic oxidation sites excluding steroid dienone is 2. The van der Waals surface area contributed by atoms with Crippen molar-refractivity contribution < 1.29 is 0 Å². The first-order valence-corrected chi connectivity index (χ1v) is 13.5. The number of unbranched alkanes of at least 4 members (excludes halogenated alkanes) is 1. The summed E-state index contributed by atoms with van der Waals surface area (Å²) in [4.78, 5) is 5.14. The molecule has 1 nitrogen and oxygen atoms in total. The second-order valence-electron chi connectivity index (χ2n) is 10.1. The lowest BCUT2D eigenvalue weighted by molar-refractivity contribution is 0.184. The fourth-order valence-electron chi connectivity index (χ4n) is 5.54. The summed E-state index contributed by atoms with van der Waals surface area (Å²) >= 11 is 0. The number of hydrogen-bond donors (Lipinski definition) is 0. The fraction of sp³-hybridized carbons (Fsp3) is 0.500. The van der Waals surface area contributed by atoms with E-state index in [9.17, 15) is 0 Å². The third-order valence-corrected chi connectivity index (χ3v) is 8.43. The zero-order valence-corrected chi connectivity index (χ0v) is 20.8. The van der Waals surface area contributed by atoms with Gasteiger partial charge in [0.05, 0.1) is 5.69 Å². The molecule has 0 aliphatic heterocycles. The first-order chi connectivity index (χ1) is 15.7. The topological polar surface area (TPSA) is 12.9 Å². The van der Waals surface area contributed by atoms with E-state index in [0.29, 0.717) is 17.8 Å². The van der Waals surface area contributed by atoms with Crippen LogP contribution in [0.3, 0.4) is 0 Å². The first kappa shape index (κ1) is 21.9. The Morgan fingerprint density at radius 3 is 2.50 bits per heavy atom. The van der Waals surface area contributed by atoms with E-state index >= 15 is 0 Å². The highest BCUT2D eigenvalue weighted by atomic mass is 31.0. The van der Waals surface area contributed by atoms with Crippen LogP contribution >= 0.6 is 9.24 Å². The summed E-state index contributed by atoms with van der Waals surface area (Å²) in [5.41, 5.74) is 9.49. The van der Waals surface area contributed by atoms with Crippen molar-refractivity contribution in [1.82, 2.24) is 4.98 Å². The van der Waals surface area contributed by atoms with Crippen LogP contribution in [-0.2, 0) is 6.16 Å². The summed E-state index contributed by atoms with van der Waals surface area (Å²) in [5, 5.41) is 0. The Hall–Kier alpha value is -1.90. The minimum absolute atomic E-state index is 0.482. The van der Waals surface area contributed by atoms with Gasteiger partial charge in [0.15, 0.2) is 0 Å². The molecular weight excluding hydrogens is 405 g/mol. The second kappa shape index (κ2) is 9.53. The number of nitrogens with zero attached hydrogens (tertiary/aromatic N) is 1. The second-order valence-corrected chi connectivity index (χ2v) is 10.5. The van der Waals surface area contributed by atoms with Gasteiger partial charge in [-0.3, -0.25) is 4.98 Å². The molecule has 1 heterocycles. The highest BCUT2D eigenvalue weighted by Crippen LogP contribution is 2.51. The average molecular weight is 442 g/mol. The van der Waals surface area contributed by atoms with Crippen LogP contribution in [0.25, 0.3) is 11.1 Å². The maximum absolute atomic E-state index is 5.14. The lowest BCUT2D eigenvalue weighted by Gasteiger charge is -2.37. The Balaban J connectivity index is 1.70. The molecule has 3 aliphatic rings. The molecule has 5 rings (SSSR count). The number of pyridine rings is 1. The van der Waals surface area contributed by atoms with Gasteiger partial charge in [-0.05, 0) is 77.9 Å². The molecule has 0 spiro atoms. The van der Waals surface area contributed by atoms with Crippen molar-refractivity contribution in [2.24, 2.45) is 11.8 Å². The quantitative estimate of drug-likeness (QED) is 0.339. The third kappa shape index (κ3) is 4.32. The number of aromatic nitrogens is 1. The van der Waals surface area contributed by atoms with Gasteiger partial charge in [0.2, 0.25) is 0 Å². The largest absolute Gasteiger partial charge is 0.260 e. The van der Waals surface area contributed by atoms with Gasteiger partial charge in [0, 0.05) is 29.7 Å². The van der Waals surface area contributed by atoms with Crippen molar-refractivity contribution in [3.05, 3.63) is 64.5 Å². The predicted octanol–water partition coefficient (Wildman–Crippen LogP) is 7.97. The van der Waals surface area contributed by atoms with Gasteiger partial charge in [-0.2, -0.15) is 0 Å². The number of rotatable bonds is 5. The molecular formula is C30H36NP. The van der Waals surface area contributed by atoms with Gasteiger partial charge in [-0.15, -0.1) is 9.24 Å². The van der Waals surface area contributed by atoms with Crippen molar-refractivity contribution in [1.29, 1.82) is 0 Å². The average Bonchev–Trinajstić information content (AvgIpc) is 3.64. The van der Waals surface area contributed by atoms with Crippen LogP contribution in [0.5, 0.6) is 0 Å². The Kier molecular flexibility index (Phi) is 6.53. The standard InChI is InChI=1S/C30H36NP/c1-3-4-5-9-26-28(24-12-10-21(19-32)11-13-24)17-27(23-7-6-8-23)20(2)30-29(26)16-25(18-31-30)22-14-15-22/h10-13,16,18,20,22-23,27H,3-4,6-8,14-15,17,19,32H2,1-2H3. The van der Waals surface area contributed by atoms with Gasteiger partial charge in [0.25, 0.3) is 0 Å². The third-order valence-electron chi connectivity index (χ3n) is 7.95. The van der Waals surface area contributed by atoms with E-state index in [1.165, 1.54) is 71.2 Å². The zero-order chi connectivity index (χ0) is 22.1. The van der Waals surface area contributed by atoms with Crippen molar-refractivity contribution >= 4 is 20.4 Å². The highest BCUT2D eigenvalue weighted by molar-refractivity contribution is 7.15. The molecule has 2 aromatic rings. The molecule has 2 saturated carbocycles. The van der Waals surface area contributed by atoms with E-state index in [4.69, 9.17) is 4.98 Å². The molecule has 2 fully saturated rings. The van der Waals surface area contributed by atoms with E-state index < -0.39 is 0 Å². The molecule has 32 heavy (non-hydrogen) atoms. The molecule has 3 atom stereocenters. The first-order valence-electron chi connectivity index (χ1n) is 12.7. The van der Waals surface area contributed by atoms with Crippen molar-refractivity contribution in [3.8, 4) is 11.8 Å². The van der Waals surface area contributed by atoms with Crippen molar-refractivity contribution in [2.75, 3.05) is 0 Å². The molecule has 0 N–H and O–H groups in total. The summed E-state index contributed by atoms with van der Waals surface area (Å²) < 4.78 is 0. The minimum Gasteiger partial charge on any atom is -0.260 e. The smallest absolute Gasteiger partial charge is 0.0519 e. The van der Waals surface area contributed by atoms with Crippen LogP contribution in [0, 0.1) is 23.7 Å². The van der Waals surface area contributed by atoms with E-state index in [1.807, 2.05) is 0 Å². The number of benzene rings is 1. The number of hydrogen-bond acceptors (Lipinski definition) is 1. The fourth-order valence-corrected chi connectivity index (χ4v) is 5.81. The monoisotopic (exact) mass is 441 g/mol. The van der Waals surface area contributed by atoms with E-state index in [-0.39, 0.29) is 0 Å². The van der Waals surface area contributed by atoms with Crippen LogP contribution in [0.4, 0.5) is 0 Å². The molecule has 1 aromatic heterocycles. The molecule has 1 aromatic carbocycles. The zero-order valence-electron chi connectivity index (χ0n) is 19.7. The normalized spacial score (nSPS) is 23.1. The van der Waals surface area contributed by atoms with Crippen LogP contribution < -0.4 is 0 Å². The summed E-state index contributed by atoms with van der Waals surface area (Å²) in [6, 6.07) is 11.7. The Morgan fingerprint density at radius 2 is 1.88 bits per heavy atom. The van der Waals surface area contributed by atoms with Gasteiger partial charge in [-0.1, -0.05) is 69.2 Å². The van der Waals surface area contributed by atoms with Gasteiger partial charge in [-0.25, -0.2) is 0 Å². The summed E-state index contributed by atoms with van der Waals surface area (Å²) in [6.45, 7) is 4.65. The Labute approximate surface area is 196 Å². The maximum atomic E-state index is 5.14. The summed E-state index contributed by atoms with van der Waals surface area (Å²) in [7, 11) is 2.84. The van der Waals surface area contributed by atoms with Crippen molar-refractivity contribution in [3.63, 3.8) is 0 Å². The van der Waals surface area contributed by atoms with Crippen LogP contribution in [0.15, 0.2) is 36.5 Å². The summed E-state index contributed by atoms with van der Waals surface area (Å²) in [6.07, 6.45) is 13.1. The molecule has 0 radical (unpaired) electrons. The van der Waals surface area contributed by atoms with E-state index in [1.54, 1.807) is 0 Å². The molecule has 0 amide bonds. The highest BCUT2D eigenvalue weighted by Gasteiger charge is 2.38. The van der Waals surface area contributed by atoms with Crippen LogP contribution in [0.2, 0.25) is 0 Å². The lowest BCUT2D eigenvalue weighted by atomic mass is 9.68. The predicted molar refractivity (Wildman–Crippen MR) is 139 cm³/mol. The number of fused-ring (bicyclic) bond motifs is 1. The van der Waals surface area contributed by atoms with Crippen LogP contribution in [-0.4, -0.2) is 4.98 Å².